The van der Waals surface area contributed by atoms with E-state index in [1.807, 2.05) is 0 Å². The standard InChI is InChI=1S/C15H16N4O3/c20-13-10-5-1-2-6-11(10)14(21)12(13)18-19-15(22)17-9-4-3-7-16-8-9/h3-4,7-8,10-11,20H,1-2,5-6H2,(H,17,22). The second kappa shape index (κ2) is 6.05. The molecule has 2 aliphatic rings. The van der Waals surface area contributed by atoms with E-state index < -0.39 is 6.03 Å². The zero-order chi connectivity index (χ0) is 15.5. The smallest absolute Gasteiger partial charge is 0.364 e. The average Bonchev–Trinajstić information content (AvgIpc) is 2.78. The fraction of sp³-hybridized carbons (Fsp3) is 0.400. The number of carbonyl (C=O) groups is 2. The maximum atomic E-state index is 12.2. The number of hydrogen-bond acceptors (Lipinski definition) is 5. The van der Waals surface area contributed by atoms with Crippen LogP contribution in [0.25, 0.3) is 0 Å². The molecular weight excluding hydrogens is 284 g/mol. The first-order valence-electron chi connectivity index (χ1n) is 7.27. The molecule has 2 amide bonds. The highest BCUT2D eigenvalue weighted by atomic mass is 16.3. The molecule has 0 aliphatic heterocycles. The number of urea groups is 1. The van der Waals surface area contributed by atoms with E-state index in [4.69, 9.17) is 0 Å². The molecule has 22 heavy (non-hydrogen) atoms. The molecule has 2 unspecified atom stereocenters. The Labute approximate surface area is 127 Å². The summed E-state index contributed by atoms with van der Waals surface area (Å²) in [6, 6.07) is 2.62. The molecule has 1 aromatic rings. The van der Waals surface area contributed by atoms with Crippen LogP contribution in [0.1, 0.15) is 25.7 Å². The van der Waals surface area contributed by atoms with E-state index in [2.05, 4.69) is 20.5 Å². The monoisotopic (exact) mass is 300 g/mol. The Balaban J connectivity index is 1.70. The maximum absolute atomic E-state index is 12.2. The Morgan fingerprint density at radius 2 is 2.09 bits per heavy atom. The van der Waals surface area contributed by atoms with Crippen LogP contribution in [0.15, 0.2) is 46.2 Å². The van der Waals surface area contributed by atoms with E-state index in [-0.39, 0.29) is 29.1 Å². The van der Waals surface area contributed by atoms with Crippen molar-refractivity contribution < 1.29 is 14.7 Å². The number of fused-ring (bicyclic) bond motifs is 1. The number of nitrogens with one attached hydrogen (secondary N) is 1. The van der Waals surface area contributed by atoms with Crippen molar-refractivity contribution in [3.8, 4) is 0 Å². The average molecular weight is 300 g/mol. The second-order valence-corrected chi connectivity index (χ2v) is 5.47. The Morgan fingerprint density at radius 3 is 2.77 bits per heavy atom. The molecule has 0 bridgehead atoms. The van der Waals surface area contributed by atoms with Crippen molar-refractivity contribution in [3.63, 3.8) is 0 Å². The number of rotatable bonds is 2. The van der Waals surface area contributed by atoms with Crippen LogP contribution in [0.3, 0.4) is 0 Å². The van der Waals surface area contributed by atoms with Crippen molar-refractivity contribution in [3.05, 3.63) is 36.0 Å². The summed E-state index contributed by atoms with van der Waals surface area (Å²) >= 11 is 0. The van der Waals surface area contributed by atoms with Gasteiger partial charge >= 0.3 is 6.03 Å². The van der Waals surface area contributed by atoms with E-state index in [1.165, 1.54) is 6.20 Å². The van der Waals surface area contributed by atoms with Crippen LogP contribution >= 0.6 is 0 Å². The van der Waals surface area contributed by atoms with Crippen molar-refractivity contribution >= 4 is 17.5 Å². The zero-order valence-electron chi connectivity index (χ0n) is 11.9. The highest BCUT2D eigenvalue weighted by molar-refractivity contribution is 6.00. The molecule has 2 N–H and O–H groups in total. The highest BCUT2D eigenvalue weighted by Crippen LogP contribution is 2.42. The van der Waals surface area contributed by atoms with Gasteiger partial charge < -0.3 is 10.4 Å². The van der Waals surface area contributed by atoms with Crippen molar-refractivity contribution in [1.29, 1.82) is 0 Å². The van der Waals surface area contributed by atoms with Gasteiger partial charge in [0.2, 0.25) is 0 Å². The Bertz CT molecular complexity index is 654. The molecule has 0 radical (unpaired) electrons. The van der Waals surface area contributed by atoms with E-state index in [9.17, 15) is 14.7 Å². The van der Waals surface area contributed by atoms with E-state index in [1.54, 1.807) is 18.3 Å². The fourth-order valence-electron chi connectivity index (χ4n) is 3.03. The molecule has 3 rings (SSSR count). The minimum atomic E-state index is -0.712. The number of amides is 2. The maximum Gasteiger partial charge on any atom is 0.364 e. The van der Waals surface area contributed by atoms with Gasteiger partial charge in [-0.2, -0.15) is 0 Å². The number of nitrogens with zero attached hydrogens (tertiary/aromatic N) is 3. The Kier molecular flexibility index (Phi) is 3.95. The number of aliphatic hydroxyl groups is 1. The van der Waals surface area contributed by atoms with Crippen molar-refractivity contribution in [1.82, 2.24) is 4.98 Å². The summed E-state index contributed by atoms with van der Waals surface area (Å²) in [7, 11) is 0. The van der Waals surface area contributed by atoms with Crippen LogP contribution in [0.5, 0.6) is 0 Å². The van der Waals surface area contributed by atoms with Gasteiger partial charge in [-0.1, -0.05) is 18.0 Å². The first kappa shape index (κ1) is 14.4. The number of pyridine rings is 1. The van der Waals surface area contributed by atoms with Gasteiger partial charge in [0.15, 0.2) is 11.5 Å². The number of Topliss-reactive ketones (excluding diaryl/α,β-unsaturated/α-hetero) is 1. The quantitative estimate of drug-likeness (QED) is 0.818. The van der Waals surface area contributed by atoms with E-state index >= 15 is 0 Å². The molecule has 0 spiro atoms. The number of carbonyl (C=O) groups excluding carboxylic acids is 2. The summed E-state index contributed by atoms with van der Waals surface area (Å²) in [5, 5.41) is 19.7. The summed E-state index contributed by atoms with van der Waals surface area (Å²) in [6.45, 7) is 0. The molecule has 1 aromatic heterocycles. The Hall–Kier alpha value is -2.57. The first-order chi connectivity index (χ1) is 10.7. The number of aliphatic hydroxyl groups excluding tert-OH is 1. The van der Waals surface area contributed by atoms with E-state index in [0.717, 1.165) is 25.7 Å². The minimum absolute atomic E-state index is 0.0207. The lowest BCUT2D eigenvalue weighted by atomic mass is 9.80. The second-order valence-electron chi connectivity index (χ2n) is 5.47. The molecule has 0 saturated heterocycles. The number of anilines is 1. The molecule has 2 atom stereocenters. The number of ketones is 1. The van der Waals surface area contributed by atoms with Gasteiger partial charge in [-0.3, -0.25) is 9.78 Å². The SMILES string of the molecule is O=C(N=NC1=C(O)C2CCCCC2C1=O)Nc1cccnc1. The van der Waals surface area contributed by atoms with Crippen LogP contribution in [0, 0.1) is 11.8 Å². The van der Waals surface area contributed by atoms with Crippen molar-refractivity contribution in [2.45, 2.75) is 25.7 Å². The molecule has 1 fully saturated rings. The van der Waals surface area contributed by atoms with Crippen molar-refractivity contribution in [2.75, 3.05) is 5.32 Å². The van der Waals surface area contributed by atoms with Crippen molar-refractivity contribution in [2.24, 2.45) is 22.1 Å². The van der Waals surface area contributed by atoms with Crippen LogP contribution in [0.4, 0.5) is 10.5 Å². The lowest BCUT2D eigenvalue weighted by Crippen LogP contribution is -2.21. The summed E-state index contributed by atoms with van der Waals surface area (Å²) in [6.07, 6.45) is 6.56. The van der Waals surface area contributed by atoms with Crippen LogP contribution in [-0.2, 0) is 4.79 Å². The van der Waals surface area contributed by atoms with Gasteiger partial charge in [-0.25, -0.2) is 4.79 Å². The molecule has 7 nitrogen and oxygen atoms in total. The number of hydrogen-bond donors (Lipinski definition) is 2. The molecular formula is C15H16N4O3. The molecule has 1 saturated carbocycles. The van der Waals surface area contributed by atoms with Gasteiger partial charge in [0.25, 0.3) is 0 Å². The molecule has 2 aliphatic carbocycles. The molecule has 1 heterocycles. The highest BCUT2D eigenvalue weighted by Gasteiger charge is 2.43. The Morgan fingerprint density at radius 1 is 1.32 bits per heavy atom. The van der Waals surface area contributed by atoms with Gasteiger partial charge in [0.05, 0.1) is 11.9 Å². The third kappa shape index (κ3) is 2.74. The lowest BCUT2D eigenvalue weighted by molar-refractivity contribution is -0.120. The summed E-state index contributed by atoms with van der Waals surface area (Å²) < 4.78 is 0. The number of azo groups is 1. The van der Waals surface area contributed by atoms with E-state index in [0.29, 0.717) is 5.69 Å². The predicted molar refractivity (Wildman–Crippen MR) is 78.2 cm³/mol. The zero-order valence-corrected chi connectivity index (χ0v) is 11.9. The first-order valence-corrected chi connectivity index (χ1v) is 7.27. The van der Waals surface area contributed by atoms with Gasteiger partial charge in [-0.05, 0) is 25.0 Å². The molecule has 0 aromatic carbocycles. The summed E-state index contributed by atoms with van der Waals surface area (Å²) in [4.78, 5) is 27.7. The third-order valence-electron chi connectivity index (χ3n) is 4.08. The number of aromatic nitrogens is 1. The summed E-state index contributed by atoms with van der Waals surface area (Å²) in [5.74, 6) is -0.589. The summed E-state index contributed by atoms with van der Waals surface area (Å²) in [5.41, 5.74) is 0.411. The van der Waals surface area contributed by atoms with Crippen LogP contribution < -0.4 is 5.32 Å². The normalized spacial score (nSPS) is 24.6. The number of allylic oxidation sites excluding steroid dienone is 2. The third-order valence-corrected chi connectivity index (χ3v) is 4.08. The van der Waals surface area contributed by atoms with Gasteiger partial charge in [0.1, 0.15) is 5.76 Å². The molecule has 114 valence electrons. The van der Waals surface area contributed by atoms with Gasteiger partial charge in [0, 0.05) is 18.0 Å². The van der Waals surface area contributed by atoms with Crippen LogP contribution in [0.2, 0.25) is 0 Å². The lowest BCUT2D eigenvalue weighted by Gasteiger charge is -2.23. The topological polar surface area (TPSA) is 104 Å². The molecule has 7 heteroatoms. The predicted octanol–water partition coefficient (Wildman–Crippen LogP) is 3.22. The van der Waals surface area contributed by atoms with Crippen LogP contribution in [-0.4, -0.2) is 21.9 Å². The minimum Gasteiger partial charge on any atom is -0.510 e. The fourth-order valence-corrected chi connectivity index (χ4v) is 3.03. The largest absolute Gasteiger partial charge is 0.510 e. The van der Waals surface area contributed by atoms with Gasteiger partial charge in [-0.15, -0.1) is 5.11 Å².